The Balaban J connectivity index is 2.12. The van der Waals surface area contributed by atoms with Crippen molar-refractivity contribution in [3.05, 3.63) is 0 Å². The van der Waals surface area contributed by atoms with Gasteiger partial charge in [-0.1, -0.05) is 0 Å². The molecule has 3 N–H and O–H groups in total. The molecule has 0 aromatic carbocycles. The van der Waals surface area contributed by atoms with Crippen LogP contribution in [0.15, 0.2) is 0 Å². The maximum absolute atomic E-state index is 12.6. The molecule has 1 saturated heterocycles. The minimum atomic E-state index is -3.18. The average molecular weight is 252 g/mol. The Bertz CT molecular complexity index is 246. The highest BCUT2D eigenvalue weighted by Crippen LogP contribution is 2.09. The molecule has 0 bridgehead atoms. The summed E-state index contributed by atoms with van der Waals surface area (Å²) in [6, 6.07) is 0.0661. The zero-order chi connectivity index (χ0) is 12.7. The highest BCUT2D eigenvalue weighted by atomic mass is 19.3. The van der Waals surface area contributed by atoms with E-state index in [0.29, 0.717) is 13.2 Å². The van der Waals surface area contributed by atoms with Gasteiger partial charge in [-0.05, 0) is 12.8 Å². The van der Waals surface area contributed by atoms with Gasteiger partial charge in [0.05, 0.1) is 13.1 Å². The topological polar surface area (TPSA) is 70.6 Å². The van der Waals surface area contributed by atoms with Gasteiger partial charge < -0.3 is 20.5 Å². The van der Waals surface area contributed by atoms with E-state index in [1.807, 2.05) is 0 Å². The molecular weight excluding hydrogens is 234 g/mol. The molecule has 0 atom stereocenters. The Morgan fingerprint density at radius 2 is 2.06 bits per heavy atom. The lowest BCUT2D eigenvalue weighted by atomic mass is 10.1. The number of carbonyl (C=O) groups excluding carboxylic acids is 1. The molecule has 0 spiro atoms. The molecule has 1 aliphatic rings. The van der Waals surface area contributed by atoms with Crippen molar-refractivity contribution < 1.29 is 23.4 Å². The van der Waals surface area contributed by atoms with Crippen LogP contribution in [0.5, 0.6) is 0 Å². The van der Waals surface area contributed by atoms with E-state index in [-0.39, 0.29) is 18.5 Å². The molecule has 0 aliphatic carbocycles. The molecule has 17 heavy (non-hydrogen) atoms. The number of ether oxygens (including phenoxy) is 1. The summed E-state index contributed by atoms with van der Waals surface area (Å²) >= 11 is 0. The van der Waals surface area contributed by atoms with Gasteiger partial charge in [-0.2, -0.15) is 0 Å². The van der Waals surface area contributed by atoms with Crippen molar-refractivity contribution in [1.82, 2.24) is 10.6 Å². The second-order valence-corrected chi connectivity index (χ2v) is 4.07. The van der Waals surface area contributed by atoms with Crippen molar-refractivity contribution in [3.8, 4) is 0 Å². The smallest absolute Gasteiger partial charge is 0.282 e. The van der Waals surface area contributed by atoms with Crippen molar-refractivity contribution in [2.45, 2.75) is 24.8 Å². The Hall–Kier alpha value is -0.790. The number of hydrogen-bond acceptors (Lipinski definition) is 4. The third-order valence-corrected chi connectivity index (χ3v) is 2.49. The molecule has 0 radical (unpaired) electrons. The van der Waals surface area contributed by atoms with Crippen LogP contribution in [-0.2, 0) is 9.53 Å². The van der Waals surface area contributed by atoms with E-state index in [9.17, 15) is 13.6 Å². The lowest BCUT2D eigenvalue weighted by Crippen LogP contribution is -2.45. The zero-order valence-electron chi connectivity index (χ0n) is 9.55. The van der Waals surface area contributed by atoms with E-state index in [0.717, 1.165) is 12.8 Å². The van der Waals surface area contributed by atoms with Gasteiger partial charge >= 0.3 is 0 Å². The highest BCUT2D eigenvalue weighted by Gasteiger charge is 2.27. The van der Waals surface area contributed by atoms with Crippen LogP contribution in [0, 0.1) is 0 Å². The number of rotatable bonds is 6. The van der Waals surface area contributed by atoms with E-state index in [1.54, 1.807) is 0 Å². The van der Waals surface area contributed by atoms with Gasteiger partial charge in [-0.3, -0.25) is 4.79 Å². The zero-order valence-corrected chi connectivity index (χ0v) is 9.55. The molecule has 0 aromatic heterocycles. The van der Waals surface area contributed by atoms with Crippen molar-refractivity contribution in [3.63, 3.8) is 0 Å². The van der Waals surface area contributed by atoms with Gasteiger partial charge in [0.2, 0.25) is 5.91 Å². The Labute approximate surface area is 98.5 Å². The number of amides is 1. The number of nitrogens with one attached hydrogen (secondary N) is 2. The Kier molecular flexibility index (Phi) is 5.73. The van der Waals surface area contributed by atoms with Gasteiger partial charge in [-0.15, -0.1) is 0 Å². The SMILES string of the molecule is O=C(CNCC(F)(F)CO)NC1CCOCC1. The van der Waals surface area contributed by atoms with Crippen molar-refractivity contribution in [2.24, 2.45) is 0 Å². The van der Waals surface area contributed by atoms with Crippen molar-refractivity contribution in [2.75, 3.05) is 32.9 Å². The van der Waals surface area contributed by atoms with E-state index < -0.39 is 19.1 Å². The number of carbonyl (C=O) groups is 1. The molecule has 5 nitrogen and oxygen atoms in total. The van der Waals surface area contributed by atoms with E-state index in [2.05, 4.69) is 10.6 Å². The summed E-state index contributed by atoms with van der Waals surface area (Å²) < 4.78 is 30.3. The van der Waals surface area contributed by atoms with E-state index in [1.165, 1.54) is 0 Å². The van der Waals surface area contributed by atoms with Crippen LogP contribution in [0.2, 0.25) is 0 Å². The van der Waals surface area contributed by atoms with Crippen molar-refractivity contribution in [1.29, 1.82) is 0 Å². The predicted molar refractivity (Wildman–Crippen MR) is 56.9 cm³/mol. The summed E-state index contributed by atoms with van der Waals surface area (Å²) in [5, 5.41) is 13.4. The van der Waals surface area contributed by atoms with Crippen molar-refractivity contribution >= 4 is 5.91 Å². The van der Waals surface area contributed by atoms with Gasteiger partial charge in [0.15, 0.2) is 0 Å². The summed E-state index contributed by atoms with van der Waals surface area (Å²) in [4.78, 5) is 11.4. The number of aliphatic hydroxyl groups is 1. The molecule has 1 aliphatic heterocycles. The molecule has 0 aromatic rings. The van der Waals surface area contributed by atoms with Crippen LogP contribution in [0.3, 0.4) is 0 Å². The summed E-state index contributed by atoms with van der Waals surface area (Å²) in [7, 11) is 0. The van der Waals surface area contributed by atoms with Gasteiger partial charge in [0, 0.05) is 19.3 Å². The standard InChI is InChI=1S/C10H18F2N2O3/c11-10(12,7-15)6-13-5-9(16)14-8-1-3-17-4-2-8/h8,13,15H,1-7H2,(H,14,16). The summed E-state index contributed by atoms with van der Waals surface area (Å²) in [6.45, 7) is -0.874. The first-order valence-corrected chi connectivity index (χ1v) is 5.60. The fourth-order valence-corrected chi connectivity index (χ4v) is 1.54. The maximum atomic E-state index is 12.6. The predicted octanol–water partition coefficient (Wildman–Crippen LogP) is -0.501. The number of halogens is 2. The average Bonchev–Trinajstić information content (AvgIpc) is 2.30. The normalized spacial score (nSPS) is 18.1. The third kappa shape index (κ3) is 5.90. The van der Waals surface area contributed by atoms with Gasteiger partial charge in [0.25, 0.3) is 5.92 Å². The second-order valence-electron chi connectivity index (χ2n) is 4.07. The molecule has 0 saturated carbocycles. The number of aliphatic hydroxyl groups excluding tert-OH is 1. The minimum absolute atomic E-state index is 0.0661. The first-order valence-electron chi connectivity index (χ1n) is 5.60. The van der Waals surface area contributed by atoms with Crippen LogP contribution in [0.25, 0.3) is 0 Å². The molecule has 1 amide bonds. The maximum Gasteiger partial charge on any atom is 0.282 e. The molecule has 1 rings (SSSR count). The summed E-state index contributed by atoms with van der Waals surface area (Å²) in [5.74, 6) is -3.50. The molecule has 1 fully saturated rings. The molecule has 100 valence electrons. The molecule has 7 heteroatoms. The van der Waals surface area contributed by atoms with Gasteiger partial charge in [-0.25, -0.2) is 8.78 Å². The molecular formula is C10H18F2N2O3. The molecule has 0 unspecified atom stereocenters. The van der Waals surface area contributed by atoms with Crippen LogP contribution in [0.1, 0.15) is 12.8 Å². The van der Waals surface area contributed by atoms with Crippen LogP contribution in [0.4, 0.5) is 8.78 Å². The second kappa shape index (κ2) is 6.83. The van der Waals surface area contributed by atoms with Crippen LogP contribution >= 0.6 is 0 Å². The van der Waals surface area contributed by atoms with Crippen LogP contribution < -0.4 is 10.6 Å². The highest BCUT2D eigenvalue weighted by molar-refractivity contribution is 5.78. The molecule has 1 heterocycles. The van der Waals surface area contributed by atoms with E-state index in [4.69, 9.17) is 9.84 Å². The Morgan fingerprint density at radius 3 is 2.65 bits per heavy atom. The Morgan fingerprint density at radius 1 is 1.41 bits per heavy atom. The summed E-state index contributed by atoms with van der Waals surface area (Å²) in [6.07, 6.45) is 1.50. The summed E-state index contributed by atoms with van der Waals surface area (Å²) in [5.41, 5.74) is 0. The fraction of sp³-hybridized carbons (Fsp3) is 0.900. The lowest BCUT2D eigenvalue weighted by molar-refractivity contribution is -0.121. The first kappa shape index (κ1) is 14.3. The third-order valence-electron chi connectivity index (χ3n) is 2.49. The number of alkyl halides is 2. The van der Waals surface area contributed by atoms with Crippen LogP contribution in [-0.4, -0.2) is 55.9 Å². The first-order chi connectivity index (χ1) is 8.03. The largest absolute Gasteiger partial charge is 0.390 e. The monoisotopic (exact) mass is 252 g/mol. The minimum Gasteiger partial charge on any atom is -0.390 e. The quantitative estimate of drug-likeness (QED) is 0.596. The van der Waals surface area contributed by atoms with E-state index >= 15 is 0 Å². The fourth-order valence-electron chi connectivity index (χ4n) is 1.54. The lowest BCUT2D eigenvalue weighted by Gasteiger charge is -2.23. The number of hydrogen-bond donors (Lipinski definition) is 3. The van der Waals surface area contributed by atoms with Gasteiger partial charge in [0.1, 0.15) is 6.61 Å².